The molecule has 26 heavy (non-hydrogen) atoms. The van der Waals surface area contributed by atoms with Crippen molar-refractivity contribution in [1.29, 1.82) is 0 Å². The lowest BCUT2D eigenvalue weighted by molar-refractivity contribution is -0.154. The number of hydrogen-bond donors (Lipinski definition) is 2. The molecule has 1 fully saturated rings. The second-order valence-corrected chi connectivity index (χ2v) is 9.38. The van der Waals surface area contributed by atoms with Crippen LogP contribution in [-0.4, -0.2) is 65.4 Å². The van der Waals surface area contributed by atoms with Crippen LogP contribution in [0.15, 0.2) is 16.9 Å². The van der Waals surface area contributed by atoms with Gasteiger partial charge in [0.25, 0.3) is 0 Å². The number of thioether (sulfide) groups is 2. The molecule has 3 heterocycles. The zero-order chi connectivity index (χ0) is 18.9. The number of aromatic nitrogens is 4. The molecule has 1 amide bonds. The topological polar surface area (TPSA) is 127 Å². The molecule has 3 N–H and O–H groups in total. The fraction of sp³-hybridized carbons (Fsp3) is 0.667. The Kier molecular flexibility index (Phi) is 5.58. The molecule has 0 spiro atoms. The number of nitrogens with zero attached hydrogens (tertiary/aromatic N) is 4. The van der Waals surface area contributed by atoms with Gasteiger partial charge in [-0.05, 0) is 38.0 Å². The molecule has 2 unspecified atom stereocenters. The fourth-order valence-electron chi connectivity index (χ4n) is 2.70. The average Bonchev–Trinajstić information content (AvgIpc) is 3.08. The van der Waals surface area contributed by atoms with Gasteiger partial charge in [-0.1, -0.05) is 11.8 Å². The van der Waals surface area contributed by atoms with E-state index in [0.29, 0.717) is 11.6 Å². The molecule has 0 saturated carbocycles. The summed E-state index contributed by atoms with van der Waals surface area (Å²) in [5.41, 5.74) is 6.36. The molecule has 2 aliphatic rings. The van der Waals surface area contributed by atoms with E-state index in [2.05, 4.69) is 20.6 Å². The molecule has 1 saturated heterocycles. The van der Waals surface area contributed by atoms with Gasteiger partial charge in [0.1, 0.15) is 17.0 Å². The lowest BCUT2D eigenvalue weighted by atomic mass is 10.1. The van der Waals surface area contributed by atoms with Gasteiger partial charge in [-0.2, -0.15) is 5.21 Å². The Labute approximate surface area is 159 Å². The van der Waals surface area contributed by atoms with E-state index in [-0.39, 0.29) is 28.9 Å². The summed E-state index contributed by atoms with van der Waals surface area (Å²) < 4.78 is 5.39. The van der Waals surface area contributed by atoms with Gasteiger partial charge in [0.15, 0.2) is 0 Å². The van der Waals surface area contributed by atoms with Crippen molar-refractivity contribution in [2.75, 3.05) is 5.75 Å². The lowest BCUT2D eigenvalue weighted by Gasteiger charge is -2.46. The Morgan fingerprint density at radius 2 is 2.35 bits per heavy atom. The van der Waals surface area contributed by atoms with E-state index in [4.69, 9.17) is 10.5 Å². The molecule has 1 aromatic rings. The van der Waals surface area contributed by atoms with Crippen LogP contribution >= 0.6 is 23.5 Å². The highest BCUT2D eigenvalue weighted by atomic mass is 32.2. The molecule has 1 aromatic heterocycles. The normalized spacial score (nSPS) is 23.8. The van der Waals surface area contributed by atoms with Crippen molar-refractivity contribution in [3.63, 3.8) is 0 Å². The molecule has 0 bridgehead atoms. The van der Waals surface area contributed by atoms with Crippen LogP contribution in [0.1, 0.15) is 33.6 Å². The third-order valence-corrected chi connectivity index (χ3v) is 6.43. The number of fused-ring (bicyclic) bond motifs is 1. The number of β-lactam (4-membered cyclic amide) rings is 1. The number of hydrogen-bond acceptors (Lipinski definition) is 9. The maximum absolute atomic E-state index is 12.1. The SMILES string of the molecule is CC(C)(C)OC(=O)CCC(Sc1nn[nH]n1)C1=CN2C(=O)C(N)[C@@H]2SC1. The predicted molar refractivity (Wildman–Crippen MR) is 98.1 cm³/mol. The summed E-state index contributed by atoms with van der Waals surface area (Å²) in [6.07, 6.45) is 2.69. The molecular weight excluding hydrogens is 376 g/mol. The van der Waals surface area contributed by atoms with Gasteiger partial charge in [0.05, 0.1) is 0 Å². The largest absolute Gasteiger partial charge is 0.460 e. The summed E-state index contributed by atoms with van der Waals surface area (Å²) >= 11 is 3.05. The third kappa shape index (κ3) is 4.38. The number of rotatable bonds is 6. The van der Waals surface area contributed by atoms with Crippen LogP contribution in [0.2, 0.25) is 0 Å². The third-order valence-electron chi connectivity index (χ3n) is 3.86. The zero-order valence-electron chi connectivity index (χ0n) is 14.8. The van der Waals surface area contributed by atoms with Gasteiger partial charge in [-0.15, -0.1) is 22.0 Å². The molecule has 9 nitrogen and oxygen atoms in total. The summed E-state index contributed by atoms with van der Waals surface area (Å²) in [5, 5.41) is 14.4. The number of carbonyl (C=O) groups excluding carboxylic acids is 2. The predicted octanol–water partition coefficient (Wildman–Crippen LogP) is 0.909. The van der Waals surface area contributed by atoms with Crippen molar-refractivity contribution < 1.29 is 14.3 Å². The van der Waals surface area contributed by atoms with Crippen LogP contribution in [0.5, 0.6) is 0 Å². The number of nitrogens with one attached hydrogen (secondary N) is 1. The minimum atomic E-state index is -0.513. The Balaban J connectivity index is 1.69. The molecule has 11 heteroatoms. The summed E-state index contributed by atoms with van der Waals surface area (Å²) in [7, 11) is 0. The molecular formula is C15H22N6O3S2. The monoisotopic (exact) mass is 398 g/mol. The number of ether oxygens (including phenoxy) is 1. The van der Waals surface area contributed by atoms with Gasteiger partial charge >= 0.3 is 5.97 Å². The van der Waals surface area contributed by atoms with Gasteiger partial charge in [-0.25, -0.2) is 0 Å². The van der Waals surface area contributed by atoms with E-state index in [9.17, 15) is 9.59 Å². The van der Waals surface area contributed by atoms with Crippen molar-refractivity contribution >= 4 is 35.4 Å². The molecule has 0 radical (unpaired) electrons. The minimum absolute atomic E-state index is 0.00734. The first-order chi connectivity index (χ1) is 12.2. The van der Waals surface area contributed by atoms with Crippen LogP contribution in [0, 0.1) is 0 Å². The van der Waals surface area contributed by atoms with Crippen molar-refractivity contribution in [1.82, 2.24) is 25.5 Å². The maximum atomic E-state index is 12.1. The smallest absolute Gasteiger partial charge is 0.306 e. The number of nitrogens with two attached hydrogens (primary N) is 1. The van der Waals surface area contributed by atoms with E-state index in [0.717, 1.165) is 11.3 Å². The highest BCUT2D eigenvalue weighted by Gasteiger charge is 2.46. The maximum Gasteiger partial charge on any atom is 0.306 e. The first kappa shape index (κ1) is 19.2. The molecule has 3 rings (SSSR count). The molecule has 3 atom stereocenters. The highest BCUT2D eigenvalue weighted by molar-refractivity contribution is 8.01. The first-order valence-corrected chi connectivity index (χ1v) is 10.2. The zero-order valence-corrected chi connectivity index (χ0v) is 16.5. The molecule has 0 aliphatic carbocycles. The summed E-state index contributed by atoms with van der Waals surface area (Å²) in [6, 6.07) is -0.428. The summed E-state index contributed by atoms with van der Waals surface area (Å²) in [6.45, 7) is 5.53. The number of carbonyl (C=O) groups is 2. The van der Waals surface area contributed by atoms with Crippen molar-refractivity contribution in [3.8, 4) is 0 Å². The second-order valence-electron chi connectivity index (χ2n) is 7.10. The summed E-state index contributed by atoms with van der Waals surface area (Å²) in [4.78, 5) is 25.7. The van der Waals surface area contributed by atoms with E-state index in [1.54, 1.807) is 16.7 Å². The standard InChI is InChI=1S/C15H22N6O3S2/c1-15(2,3)24-10(22)5-4-9(26-14-17-19-20-18-14)8-6-21-12(23)11(16)13(21)25-7-8/h6,9,11,13H,4-5,7,16H2,1-3H3,(H,17,18,19,20)/t9?,11?,13-/m0/s1. The summed E-state index contributed by atoms with van der Waals surface area (Å²) in [5.74, 6) is 0.418. The Morgan fingerprint density at radius 3 is 3.00 bits per heavy atom. The number of amides is 1. The number of esters is 1. The van der Waals surface area contributed by atoms with Gasteiger partial charge in [-0.3, -0.25) is 9.59 Å². The van der Waals surface area contributed by atoms with Crippen LogP contribution in [0.4, 0.5) is 0 Å². The lowest BCUT2D eigenvalue weighted by Crippen LogP contribution is -2.66. The van der Waals surface area contributed by atoms with Crippen LogP contribution < -0.4 is 5.73 Å². The molecule has 2 aliphatic heterocycles. The van der Waals surface area contributed by atoms with Crippen LogP contribution in [0.3, 0.4) is 0 Å². The van der Waals surface area contributed by atoms with Gasteiger partial charge in [0.2, 0.25) is 11.1 Å². The Hall–Kier alpha value is -1.59. The first-order valence-electron chi connectivity index (χ1n) is 8.26. The van der Waals surface area contributed by atoms with Crippen LogP contribution in [-0.2, 0) is 14.3 Å². The number of tetrazole rings is 1. The van der Waals surface area contributed by atoms with Gasteiger partial charge in [0, 0.05) is 23.6 Å². The second kappa shape index (κ2) is 7.57. The number of aromatic amines is 1. The molecule has 0 aromatic carbocycles. The minimum Gasteiger partial charge on any atom is -0.460 e. The number of H-pyrrole nitrogens is 1. The van der Waals surface area contributed by atoms with Gasteiger partial charge < -0.3 is 15.4 Å². The Bertz CT molecular complexity index is 703. The van der Waals surface area contributed by atoms with Crippen molar-refractivity contribution in [2.45, 2.75) is 61.0 Å². The quantitative estimate of drug-likeness (QED) is 0.408. The van der Waals surface area contributed by atoms with E-state index in [1.165, 1.54) is 11.8 Å². The average molecular weight is 399 g/mol. The fourth-order valence-corrected chi connectivity index (χ4v) is 5.06. The van der Waals surface area contributed by atoms with Crippen LogP contribution in [0.25, 0.3) is 0 Å². The van der Waals surface area contributed by atoms with E-state index < -0.39 is 11.6 Å². The van der Waals surface area contributed by atoms with Crippen molar-refractivity contribution in [2.24, 2.45) is 5.73 Å². The Morgan fingerprint density at radius 1 is 1.58 bits per heavy atom. The van der Waals surface area contributed by atoms with E-state index in [1.807, 2.05) is 27.0 Å². The highest BCUT2D eigenvalue weighted by Crippen LogP contribution is 2.40. The molecule has 142 valence electrons. The van der Waals surface area contributed by atoms with Crippen molar-refractivity contribution in [3.05, 3.63) is 11.8 Å². The van der Waals surface area contributed by atoms with E-state index >= 15 is 0 Å².